The van der Waals surface area contributed by atoms with Crippen molar-refractivity contribution in [2.75, 3.05) is 6.61 Å². The number of nitrogens with zero attached hydrogens (tertiary/aromatic N) is 2. The first-order valence-corrected chi connectivity index (χ1v) is 7.94. The molecule has 2 N–H and O–H groups in total. The Morgan fingerprint density at radius 2 is 2.09 bits per heavy atom. The zero-order valence-corrected chi connectivity index (χ0v) is 13.6. The third kappa shape index (κ3) is 1.87. The van der Waals surface area contributed by atoms with Gasteiger partial charge in [0.1, 0.15) is 28.4 Å². The zero-order chi connectivity index (χ0) is 15.3. The molecule has 5 nitrogen and oxygen atoms in total. The zero-order valence-electron chi connectivity index (χ0n) is 11.3. The monoisotopic (exact) mass is 379 g/mol. The van der Waals surface area contributed by atoms with Crippen molar-refractivity contribution in [3.8, 4) is 11.5 Å². The molecule has 2 unspecified atom stereocenters. The van der Waals surface area contributed by atoms with Crippen molar-refractivity contribution in [3.63, 3.8) is 0 Å². The Hall–Kier alpha value is -1.63. The highest BCUT2D eigenvalue weighted by atomic mass is 79.9. The number of ether oxygens (including phenoxy) is 2. The van der Waals surface area contributed by atoms with E-state index in [4.69, 9.17) is 31.8 Å². The summed E-state index contributed by atoms with van der Waals surface area (Å²) >= 11 is 9.68. The standard InChI is InChI=1S/C15H11BrClN3O2/c16-14-15(20-13(18)7-21-14)8-3-1-2-4-10(8)22-11-6-19-12(17)5-9(11)15/h1-6,14H,7H2,(H2,18,20). The average molecular weight is 381 g/mol. The van der Waals surface area contributed by atoms with Crippen LogP contribution >= 0.6 is 27.5 Å². The van der Waals surface area contributed by atoms with Crippen molar-refractivity contribution in [1.29, 1.82) is 0 Å². The molecule has 0 amide bonds. The van der Waals surface area contributed by atoms with Gasteiger partial charge >= 0.3 is 0 Å². The summed E-state index contributed by atoms with van der Waals surface area (Å²) in [5.41, 5.74) is 6.76. The largest absolute Gasteiger partial charge is 0.455 e. The molecule has 1 spiro atoms. The number of alkyl halides is 1. The maximum absolute atomic E-state index is 6.09. The number of aromatic nitrogens is 1. The second kappa shape index (κ2) is 4.94. The van der Waals surface area contributed by atoms with E-state index >= 15 is 0 Å². The van der Waals surface area contributed by atoms with Gasteiger partial charge in [-0.25, -0.2) is 4.98 Å². The van der Waals surface area contributed by atoms with E-state index in [0.29, 0.717) is 22.5 Å². The molecule has 7 heteroatoms. The Bertz CT molecular complexity index is 798. The van der Waals surface area contributed by atoms with E-state index in [-0.39, 0.29) is 6.61 Å². The minimum absolute atomic E-state index is 0.273. The van der Waals surface area contributed by atoms with E-state index in [0.717, 1.165) is 11.1 Å². The topological polar surface area (TPSA) is 69.7 Å². The number of aliphatic imine (C=N–C) groups is 1. The molecule has 0 aliphatic carbocycles. The van der Waals surface area contributed by atoms with Gasteiger partial charge in [0.25, 0.3) is 0 Å². The van der Waals surface area contributed by atoms with E-state index < -0.39 is 10.6 Å². The van der Waals surface area contributed by atoms with Gasteiger partial charge in [0, 0.05) is 11.1 Å². The van der Waals surface area contributed by atoms with Crippen LogP contribution in [0.2, 0.25) is 5.15 Å². The molecule has 112 valence electrons. The van der Waals surface area contributed by atoms with Gasteiger partial charge in [0.05, 0.1) is 6.20 Å². The Morgan fingerprint density at radius 3 is 2.95 bits per heavy atom. The van der Waals surface area contributed by atoms with Crippen molar-refractivity contribution in [2.24, 2.45) is 10.7 Å². The van der Waals surface area contributed by atoms with Crippen molar-refractivity contribution in [3.05, 3.63) is 52.8 Å². The van der Waals surface area contributed by atoms with Crippen LogP contribution in [0.25, 0.3) is 0 Å². The first-order valence-electron chi connectivity index (χ1n) is 6.64. The molecule has 3 heterocycles. The molecule has 0 fully saturated rings. The summed E-state index contributed by atoms with van der Waals surface area (Å²) in [5.74, 6) is 1.71. The van der Waals surface area contributed by atoms with E-state index in [1.807, 2.05) is 24.3 Å². The fourth-order valence-electron chi connectivity index (χ4n) is 2.88. The van der Waals surface area contributed by atoms with Crippen LogP contribution in [-0.4, -0.2) is 22.4 Å². The van der Waals surface area contributed by atoms with Gasteiger partial charge in [0.15, 0.2) is 11.3 Å². The Labute approximate surface area is 140 Å². The molecule has 0 bridgehead atoms. The molecule has 0 radical (unpaired) electrons. The van der Waals surface area contributed by atoms with Crippen LogP contribution in [0.4, 0.5) is 0 Å². The van der Waals surface area contributed by atoms with E-state index in [9.17, 15) is 0 Å². The lowest BCUT2D eigenvalue weighted by atomic mass is 9.81. The van der Waals surface area contributed by atoms with Gasteiger partial charge in [-0.05, 0) is 12.1 Å². The minimum atomic E-state index is -0.848. The lowest BCUT2D eigenvalue weighted by Gasteiger charge is -2.42. The molecular weight excluding hydrogens is 370 g/mol. The van der Waals surface area contributed by atoms with E-state index in [1.54, 1.807) is 12.3 Å². The number of halogens is 2. The number of fused-ring (bicyclic) bond motifs is 4. The van der Waals surface area contributed by atoms with Gasteiger partial charge in [0.2, 0.25) is 0 Å². The summed E-state index contributed by atoms with van der Waals surface area (Å²) in [6.45, 7) is 0.273. The summed E-state index contributed by atoms with van der Waals surface area (Å²) in [7, 11) is 0. The fraction of sp³-hybridized carbons (Fsp3) is 0.200. The summed E-state index contributed by atoms with van der Waals surface area (Å²) in [6, 6.07) is 9.41. The molecule has 1 aromatic carbocycles. The molecule has 2 aliphatic heterocycles. The number of rotatable bonds is 0. The molecule has 0 saturated heterocycles. The molecule has 4 rings (SSSR count). The smallest absolute Gasteiger partial charge is 0.156 e. The number of amidine groups is 1. The first-order chi connectivity index (χ1) is 10.6. The predicted molar refractivity (Wildman–Crippen MR) is 86.8 cm³/mol. The summed E-state index contributed by atoms with van der Waals surface area (Å²) < 4.78 is 11.7. The Kier molecular flexibility index (Phi) is 3.14. The fourth-order valence-corrected chi connectivity index (χ4v) is 3.77. The Morgan fingerprint density at radius 1 is 1.27 bits per heavy atom. The highest BCUT2D eigenvalue weighted by Gasteiger charge is 2.50. The lowest BCUT2D eigenvalue weighted by molar-refractivity contribution is 0.0868. The van der Waals surface area contributed by atoms with Gasteiger partial charge in [-0.3, -0.25) is 4.99 Å². The van der Waals surface area contributed by atoms with E-state index in [2.05, 4.69) is 20.9 Å². The summed E-state index contributed by atoms with van der Waals surface area (Å²) in [6.07, 6.45) is 1.59. The van der Waals surface area contributed by atoms with Gasteiger partial charge < -0.3 is 15.2 Å². The number of benzene rings is 1. The van der Waals surface area contributed by atoms with Crippen molar-refractivity contribution < 1.29 is 9.47 Å². The SMILES string of the molecule is NC1=NC2(c3ccccc3Oc3cnc(Cl)cc32)C(Br)OC1. The molecular formula is C15H11BrClN3O2. The van der Waals surface area contributed by atoms with Crippen molar-refractivity contribution in [2.45, 2.75) is 10.6 Å². The molecule has 22 heavy (non-hydrogen) atoms. The van der Waals surface area contributed by atoms with Crippen molar-refractivity contribution >= 4 is 33.4 Å². The number of hydrogen-bond donors (Lipinski definition) is 1. The number of pyridine rings is 1. The van der Waals surface area contributed by atoms with Crippen LogP contribution in [0.5, 0.6) is 11.5 Å². The highest BCUT2D eigenvalue weighted by molar-refractivity contribution is 9.09. The van der Waals surface area contributed by atoms with Crippen LogP contribution < -0.4 is 10.5 Å². The van der Waals surface area contributed by atoms with Crippen LogP contribution in [-0.2, 0) is 10.3 Å². The van der Waals surface area contributed by atoms with Gasteiger partial charge in [-0.2, -0.15) is 0 Å². The normalized spacial score (nSPS) is 25.9. The quantitative estimate of drug-likeness (QED) is 0.563. The highest BCUT2D eigenvalue weighted by Crippen LogP contribution is 2.53. The van der Waals surface area contributed by atoms with E-state index in [1.165, 1.54) is 0 Å². The number of para-hydroxylation sites is 1. The van der Waals surface area contributed by atoms with Crippen LogP contribution in [0.1, 0.15) is 11.1 Å². The number of nitrogens with two attached hydrogens (primary N) is 1. The maximum atomic E-state index is 6.09. The number of hydrogen-bond acceptors (Lipinski definition) is 5. The second-order valence-corrected chi connectivity index (χ2v) is 6.32. The predicted octanol–water partition coefficient (Wildman–Crippen LogP) is 3.19. The second-order valence-electron chi connectivity index (χ2n) is 5.10. The lowest BCUT2D eigenvalue weighted by Crippen LogP contribution is -2.46. The minimum Gasteiger partial charge on any atom is -0.455 e. The molecule has 1 aromatic heterocycles. The molecule has 0 saturated carbocycles. The summed E-state index contributed by atoms with van der Waals surface area (Å²) in [5, 5.41) is -0.0327. The average Bonchev–Trinajstić information content (AvgIpc) is 2.52. The summed E-state index contributed by atoms with van der Waals surface area (Å²) in [4.78, 5) is 8.83. The van der Waals surface area contributed by atoms with Gasteiger partial charge in [-0.15, -0.1) is 0 Å². The first kappa shape index (κ1) is 14.0. The maximum Gasteiger partial charge on any atom is 0.156 e. The van der Waals surface area contributed by atoms with Crippen LogP contribution in [0.15, 0.2) is 41.5 Å². The third-order valence-corrected chi connectivity index (χ3v) is 4.92. The molecule has 2 aromatic rings. The van der Waals surface area contributed by atoms with Crippen LogP contribution in [0.3, 0.4) is 0 Å². The van der Waals surface area contributed by atoms with Crippen LogP contribution in [0, 0.1) is 0 Å². The molecule has 2 atom stereocenters. The molecule has 2 aliphatic rings. The van der Waals surface area contributed by atoms with Gasteiger partial charge in [-0.1, -0.05) is 45.7 Å². The Balaban J connectivity index is 2.09. The van der Waals surface area contributed by atoms with Crippen molar-refractivity contribution in [1.82, 2.24) is 4.98 Å². The third-order valence-electron chi connectivity index (χ3n) is 3.79.